The molecule has 1 aliphatic carbocycles. The lowest BCUT2D eigenvalue weighted by molar-refractivity contribution is -0.151. The summed E-state index contributed by atoms with van der Waals surface area (Å²) in [5.41, 5.74) is 6.62. The van der Waals surface area contributed by atoms with Gasteiger partial charge >= 0.3 is 23.9 Å². The molecule has 40 heavy (non-hydrogen) atoms. The van der Waals surface area contributed by atoms with E-state index in [1.807, 2.05) is 13.8 Å². The van der Waals surface area contributed by atoms with Crippen molar-refractivity contribution in [3.63, 3.8) is 0 Å². The Morgan fingerprint density at radius 1 is 0.900 bits per heavy atom. The topological polar surface area (TPSA) is 142 Å². The minimum atomic E-state index is -1.32. The summed E-state index contributed by atoms with van der Waals surface area (Å²) in [5.74, 6) is -4.40. The van der Waals surface area contributed by atoms with Gasteiger partial charge in [0.1, 0.15) is 6.04 Å². The number of hydrogen-bond acceptors (Lipinski definition) is 8. The lowest BCUT2D eigenvalue weighted by Gasteiger charge is -2.29. The van der Waals surface area contributed by atoms with E-state index in [4.69, 9.17) is 19.9 Å². The van der Waals surface area contributed by atoms with Gasteiger partial charge in [0.15, 0.2) is 11.5 Å². The summed E-state index contributed by atoms with van der Waals surface area (Å²) in [5, 5.41) is 9.79. The molecular weight excluding hydrogens is 514 g/mol. The van der Waals surface area contributed by atoms with Crippen molar-refractivity contribution >= 4 is 23.9 Å². The van der Waals surface area contributed by atoms with Gasteiger partial charge in [-0.15, -0.1) is 0 Å². The van der Waals surface area contributed by atoms with Crippen molar-refractivity contribution in [1.29, 1.82) is 0 Å². The minimum absolute atomic E-state index is 0.00505. The molecule has 0 heterocycles. The van der Waals surface area contributed by atoms with Gasteiger partial charge < -0.3 is 25.1 Å². The monoisotopic (exact) mass is 561 g/mol. The van der Waals surface area contributed by atoms with Gasteiger partial charge in [-0.3, -0.25) is 19.2 Å². The van der Waals surface area contributed by atoms with E-state index in [1.54, 1.807) is 26.8 Å². The van der Waals surface area contributed by atoms with Crippen molar-refractivity contribution in [3.05, 3.63) is 23.8 Å². The number of esters is 3. The second-order valence-corrected chi connectivity index (χ2v) is 11.3. The van der Waals surface area contributed by atoms with Crippen molar-refractivity contribution in [2.24, 2.45) is 29.4 Å². The van der Waals surface area contributed by atoms with Crippen molar-refractivity contribution < 1.29 is 38.5 Å². The fourth-order valence-electron chi connectivity index (χ4n) is 5.23. The largest absolute Gasteiger partial charge is 0.480 e. The number of rotatable bonds is 15. The molecular formula is C31H47NO8. The molecule has 0 saturated heterocycles. The first-order valence-electron chi connectivity index (χ1n) is 14.7. The van der Waals surface area contributed by atoms with Crippen molar-refractivity contribution in [1.82, 2.24) is 0 Å². The minimum Gasteiger partial charge on any atom is -0.480 e. The third kappa shape index (κ3) is 9.61. The first-order chi connectivity index (χ1) is 19.0. The van der Waals surface area contributed by atoms with Crippen LogP contribution in [-0.2, 0) is 23.9 Å². The highest BCUT2D eigenvalue weighted by molar-refractivity contribution is 5.79. The lowest BCUT2D eigenvalue weighted by atomic mass is 9.82. The van der Waals surface area contributed by atoms with E-state index in [0.29, 0.717) is 18.4 Å². The van der Waals surface area contributed by atoms with Gasteiger partial charge in [0.2, 0.25) is 0 Å². The van der Waals surface area contributed by atoms with Crippen LogP contribution in [-0.4, -0.2) is 41.6 Å². The van der Waals surface area contributed by atoms with Crippen LogP contribution >= 0.6 is 0 Å². The summed E-state index contributed by atoms with van der Waals surface area (Å²) in [7, 11) is 0. The van der Waals surface area contributed by atoms with Crippen LogP contribution in [0.5, 0.6) is 11.5 Å². The molecule has 1 aromatic rings. The summed E-state index contributed by atoms with van der Waals surface area (Å²) in [6, 6.07) is 3.31. The molecule has 9 nitrogen and oxygen atoms in total. The second-order valence-electron chi connectivity index (χ2n) is 11.3. The number of carbonyl (C=O) groups is 4. The van der Waals surface area contributed by atoms with Gasteiger partial charge in [-0.2, -0.15) is 0 Å². The maximum absolute atomic E-state index is 12.8. The summed E-state index contributed by atoms with van der Waals surface area (Å²) in [4.78, 5) is 50.1. The smallest absolute Gasteiger partial charge is 0.321 e. The van der Waals surface area contributed by atoms with Gasteiger partial charge in [-0.25, -0.2) is 0 Å². The quantitative estimate of drug-likeness (QED) is 0.206. The fraction of sp³-hybridized carbons (Fsp3) is 0.677. The van der Waals surface area contributed by atoms with Crippen molar-refractivity contribution in [2.45, 2.75) is 104 Å². The molecule has 0 aliphatic heterocycles. The number of carboxylic acids is 1. The SMILES string of the molecule is CCCC(C)C(=O)Oc1ccc(C(C(C)COC(=O)C2CCCCC2)[C@H](N)C(=O)O)cc1OC(=O)C(C)CCC. The molecule has 0 radical (unpaired) electrons. The predicted molar refractivity (Wildman–Crippen MR) is 151 cm³/mol. The summed E-state index contributed by atoms with van der Waals surface area (Å²) in [6.07, 6.45) is 7.57. The van der Waals surface area contributed by atoms with Crippen LogP contribution in [0, 0.1) is 23.7 Å². The Bertz CT molecular complexity index is 1000. The number of ether oxygens (including phenoxy) is 3. The third-order valence-corrected chi connectivity index (χ3v) is 7.73. The molecule has 2 rings (SSSR count). The highest BCUT2D eigenvalue weighted by Crippen LogP contribution is 2.37. The third-order valence-electron chi connectivity index (χ3n) is 7.73. The van der Waals surface area contributed by atoms with Crippen molar-refractivity contribution in [2.75, 3.05) is 6.61 Å². The predicted octanol–water partition coefficient (Wildman–Crippen LogP) is 5.62. The lowest BCUT2D eigenvalue weighted by Crippen LogP contribution is -2.41. The molecule has 1 fully saturated rings. The molecule has 1 aromatic carbocycles. The molecule has 9 heteroatoms. The number of carbonyl (C=O) groups excluding carboxylic acids is 3. The Kier molecular flexibility index (Phi) is 13.6. The number of benzene rings is 1. The Balaban J connectivity index is 2.37. The molecule has 0 bridgehead atoms. The van der Waals surface area contributed by atoms with Crippen LogP contribution < -0.4 is 15.2 Å². The maximum Gasteiger partial charge on any atom is 0.321 e. The number of nitrogens with two attached hydrogens (primary N) is 1. The molecule has 0 spiro atoms. The van der Waals surface area contributed by atoms with Crippen LogP contribution in [0.1, 0.15) is 104 Å². The normalized spacial score (nSPS) is 17.6. The Morgan fingerprint density at radius 3 is 1.98 bits per heavy atom. The van der Waals surface area contributed by atoms with E-state index in [1.165, 1.54) is 12.1 Å². The Morgan fingerprint density at radius 2 is 1.45 bits per heavy atom. The fourth-order valence-corrected chi connectivity index (χ4v) is 5.23. The molecule has 4 unspecified atom stereocenters. The maximum atomic E-state index is 12.8. The van der Waals surface area contributed by atoms with Gasteiger partial charge in [-0.1, -0.05) is 72.8 Å². The average Bonchev–Trinajstić information content (AvgIpc) is 2.93. The Labute approximate surface area is 238 Å². The van der Waals surface area contributed by atoms with E-state index < -0.39 is 35.8 Å². The molecule has 1 aliphatic rings. The molecule has 3 N–H and O–H groups in total. The van der Waals surface area contributed by atoms with Gasteiger partial charge in [0.25, 0.3) is 0 Å². The number of hydrogen-bond donors (Lipinski definition) is 2. The molecule has 224 valence electrons. The standard InChI is InChI=1S/C31H47NO8/c1-6-11-19(3)29(35)39-24-16-15-23(17-25(24)40-30(36)20(4)12-7-2)26(27(32)28(33)34)21(5)18-38-31(37)22-13-9-8-10-14-22/h15-17,19-22,26-27H,6-14,18,32H2,1-5H3,(H,33,34)/t19?,20?,21?,26?,27-/m0/s1. The average molecular weight is 562 g/mol. The highest BCUT2D eigenvalue weighted by atomic mass is 16.6. The van der Waals surface area contributed by atoms with Crippen LogP contribution in [0.25, 0.3) is 0 Å². The zero-order valence-corrected chi connectivity index (χ0v) is 24.6. The molecule has 0 amide bonds. The van der Waals surface area contributed by atoms with Crippen LogP contribution in [0.15, 0.2) is 18.2 Å². The van der Waals surface area contributed by atoms with Gasteiger partial charge in [-0.05, 0) is 49.3 Å². The summed E-state index contributed by atoms with van der Waals surface area (Å²) >= 11 is 0. The molecule has 0 aromatic heterocycles. The van der Waals surface area contributed by atoms with Crippen LogP contribution in [0.4, 0.5) is 0 Å². The first-order valence-corrected chi connectivity index (χ1v) is 14.7. The molecule has 1 saturated carbocycles. The zero-order chi connectivity index (χ0) is 29.8. The molecule has 5 atom stereocenters. The van der Waals surface area contributed by atoms with Crippen LogP contribution in [0.3, 0.4) is 0 Å². The van der Waals surface area contributed by atoms with E-state index in [-0.39, 0.29) is 41.8 Å². The van der Waals surface area contributed by atoms with Crippen molar-refractivity contribution in [3.8, 4) is 11.5 Å². The summed E-state index contributed by atoms with van der Waals surface area (Å²) in [6.45, 7) is 9.24. The number of carboxylic acid groups (broad SMARTS) is 1. The van der Waals surface area contributed by atoms with E-state index in [9.17, 15) is 24.3 Å². The van der Waals surface area contributed by atoms with E-state index in [0.717, 1.165) is 44.9 Å². The van der Waals surface area contributed by atoms with Crippen LogP contribution in [0.2, 0.25) is 0 Å². The van der Waals surface area contributed by atoms with Gasteiger partial charge in [0, 0.05) is 5.92 Å². The zero-order valence-electron chi connectivity index (χ0n) is 24.6. The van der Waals surface area contributed by atoms with E-state index >= 15 is 0 Å². The Hall–Kier alpha value is -2.94. The highest BCUT2D eigenvalue weighted by Gasteiger charge is 2.34. The summed E-state index contributed by atoms with van der Waals surface area (Å²) < 4.78 is 16.9. The van der Waals surface area contributed by atoms with Gasteiger partial charge in [0.05, 0.1) is 24.4 Å². The van der Waals surface area contributed by atoms with E-state index in [2.05, 4.69) is 0 Å². The first kappa shape index (κ1) is 33.3. The number of aliphatic carboxylic acids is 1. The second kappa shape index (κ2) is 16.4.